The Labute approximate surface area is 140 Å². The Balaban J connectivity index is 0.00000144. The Morgan fingerprint density at radius 1 is 1.23 bits per heavy atom. The standard InChI is InChI=1S/C17H18N2OS.ClH/c20-16(11-8-9-11)18-13-5-3-4-12(10-13)17-19-14-6-1-2-7-15(14)21-17;/h3-5,10-11H,1-2,6-9H2,(H,18,20);1H. The second kappa shape index (κ2) is 6.39. The lowest BCUT2D eigenvalue weighted by molar-refractivity contribution is -0.117. The second-order valence-corrected chi connectivity index (χ2v) is 7.02. The van der Waals surface area contributed by atoms with Crippen LogP contribution in [-0.4, -0.2) is 10.9 Å². The van der Waals surface area contributed by atoms with E-state index in [2.05, 4.69) is 11.4 Å². The molecule has 2 aliphatic carbocycles. The molecule has 0 radical (unpaired) electrons. The van der Waals surface area contributed by atoms with Crippen molar-refractivity contribution in [3.05, 3.63) is 34.8 Å². The number of fused-ring (bicyclic) bond motifs is 1. The minimum atomic E-state index is 0. The fourth-order valence-corrected chi connectivity index (χ4v) is 3.94. The number of aryl methyl sites for hydroxylation is 2. The van der Waals surface area contributed by atoms with Gasteiger partial charge in [0.25, 0.3) is 0 Å². The molecule has 1 aromatic carbocycles. The number of amides is 1. The van der Waals surface area contributed by atoms with Crippen LogP contribution < -0.4 is 5.32 Å². The van der Waals surface area contributed by atoms with Crippen LogP contribution in [0.1, 0.15) is 36.3 Å². The van der Waals surface area contributed by atoms with Gasteiger partial charge in [0.2, 0.25) is 5.91 Å². The van der Waals surface area contributed by atoms with Crippen molar-refractivity contribution in [2.24, 2.45) is 5.92 Å². The van der Waals surface area contributed by atoms with Crippen molar-refractivity contribution < 1.29 is 4.79 Å². The zero-order valence-electron chi connectivity index (χ0n) is 12.3. The molecule has 0 spiro atoms. The molecule has 2 aliphatic rings. The number of hydrogen-bond donors (Lipinski definition) is 1. The number of anilines is 1. The average molecular weight is 335 g/mol. The van der Waals surface area contributed by atoms with Gasteiger partial charge in [-0.3, -0.25) is 4.79 Å². The van der Waals surface area contributed by atoms with Gasteiger partial charge in [0.1, 0.15) is 5.01 Å². The molecular weight excluding hydrogens is 316 g/mol. The van der Waals surface area contributed by atoms with Crippen LogP contribution in [0.25, 0.3) is 10.6 Å². The van der Waals surface area contributed by atoms with Gasteiger partial charge in [0.05, 0.1) is 5.69 Å². The summed E-state index contributed by atoms with van der Waals surface area (Å²) in [6.07, 6.45) is 6.89. The Bertz CT molecular complexity index is 670. The summed E-state index contributed by atoms with van der Waals surface area (Å²) in [7, 11) is 0. The lowest BCUT2D eigenvalue weighted by Gasteiger charge is -2.06. The number of carbonyl (C=O) groups excluding carboxylic acids is 1. The number of rotatable bonds is 3. The summed E-state index contributed by atoms with van der Waals surface area (Å²) < 4.78 is 0. The third kappa shape index (κ3) is 3.18. The van der Waals surface area contributed by atoms with E-state index in [-0.39, 0.29) is 24.2 Å². The van der Waals surface area contributed by atoms with Crippen LogP contribution in [0, 0.1) is 5.92 Å². The highest BCUT2D eigenvalue weighted by Gasteiger charge is 2.29. The smallest absolute Gasteiger partial charge is 0.227 e. The summed E-state index contributed by atoms with van der Waals surface area (Å²) in [5.41, 5.74) is 3.29. The monoisotopic (exact) mass is 334 g/mol. The van der Waals surface area contributed by atoms with Crippen LogP contribution in [0.2, 0.25) is 0 Å². The maximum Gasteiger partial charge on any atom is 0.227 e. The largest absolute Gasteiger partial charge is 0.326 e. The van der Waals surface area contributed by atoms with Gasteiger partial charge in [-0.15, -0.1) is 23.7 Å². The van der Waals surface area contributed by atoms with E-state index in [9.17, 15) is 4.79 Å². The summed E-state index contributed by atoms with van der Waals surface area (Å²) in [6.45, 7) is 0. The molecule has 1 aromatic heterocycles. The van der Waals surface area contributed by atoms with Crippen LogP contribution in [0.15, 0.2) is 24.3 Å². The van der Waals surface area contributed by atoms with Gasteiger partial charge in [0.15, 0.2) is 0 Å². The quantitative estimate of drug-likeness (QED) is 0.900. The highest BCUT2D eigenvalue weighted by Crippen LogP contribution is 2.34. The maximum absolute atomic E-state index is 11.9. The Kier molecular flexibility index (Phi) is 4.50. The molecule has 0 atom stereocenters. The van der Waals surface area contributed by atoms with E-state index >= 15 is 0 Å². The fourth-order valence-electron chi connectivity index (χ4n) is 2.80. The van der Waals surface area contributed by atoms with Gasteiger partial charge in [-0.25, -0.2) is 4.98 Å². The molecule has 116 valence electrons. The van der Waals surface area contributed by atoms with Crippen molar-refractivity contribution in [1.29, 1.82) is 0 Å². The number of aromatic nitrogens is 1. The number of hydrogen-bond acceptors (Lipinski definition) is 3. The van der Waals surface area contributed by atoms with E-state index in [4.69, 9.17) is 4.98 Å². The van der Waals surface area contributed by atoms with Crippen molar-refractivity contribution in [2.75, 3.05) is 5.32 Å². The van der Waals surface area contributed by atoms with Crippen molar-refractivity contribution >= 4 is 35.3 Å². The highest BCUT2D eigenvalue weighted by atomic mass is 35.5. The van der Waals surface area contributed by atoms with E-state index in [0.29, 0.717) is 0 Å². The van der Waals surface area contributed by atoms with Gasteiger partial charge >= 0.3 is 0 Å². The van der Waals surface area contributed by atoms with Crippen molar-refractivity contribution in [3.63, 3.8) is 0 Å². The minimum Gasteiger partial charge on any atom is -0.326 e. The number of carbonyl (C=O) groups is 1. The Morgan fingerprint density at radius 3 is 2.82 bits per heavy atom. The maximum atomic E-state index is 11.9. The predicted molar refractivity (Wildman–Crippen MR) is 92.8 cm³/mol. The predicted octanol–water partition coefficient (Wildman–Crippen LogP) is 4.46. The first-order chi connectivity index (χ1) is 10.3. The molecule has 1 N–H and O–H groups in total. The molecule has 5 heteroatoms. The fraction of sp³-hybridized carbons (Fsp3) is 0.412. The highest BCUT2D eigenvalue weighted by molar-refractivity contribution is 7.15. The van der Waals surface area contributed by atoms with E-state index in [1.54, 1.807) is 0 Å². The van der Waals surface area contributed by atoms with Crippen molar-refractivity contribution in [2.45, 2.75) is 38.5 Å². The molecule has 1 fully saturated rings. The molecule has 3 nitrogen and oxygen atoms in total. The third-order valence-corrected chi connectivity index (χ3v) is 5.38. The molecule has 0 aliphatic heterocycles. The first kappa shape index (κ1) is 15.5. The Hall–Kier alpha value is -1.39. The summed E-state index contributed by atoms with van der Waals surface area (Å²) in [5.74, 6) is 0.395. The van der Waals surface area contributed by atoms with Gasteiger partial charge in [0, 0.05) is 22.0 Å². The average Bonchev–Trinajstić information content (AvgIpc) is 3.26. The lowest BCUT2D eigenvalue weighted by atomic mass is 10.0. The normalized spacial score (nSPS) is 16.5. The van der Waals surface area contributed by atoms with E-state index in [1.165, 1.54) is 29.8 Å². The van der Waals surface area contributed by atoms with Crippen LogP contribution in [0.4, 0.5) is 5.69 Å². The zero-order chi connectivity index (χ0) is 14.2. The van der Waals surface area contributed by atoms with Gasteiger partial charge in [-0.2, -0.15) is 0 Å². The first-order valence-electron chi connectivity index (χ1n) is 7.69. The van der Waals surface area contributed by atoms with Crippen molar-refractivity contribution in [1.82, 2.24) is 4.98 Å². The summed E-state index contributed by atoms with van der Waals surface area (Å²) >= 11 is 1.81. The topological polar surface area (TPSA) is 42.0 Å². The number of nitrogens with one attached hydrogen (secondary N) is 1. The number of nitrogens with zero attached hydrogens (tertiary/aromatic N) is 1. The van der Waals surface area contributed by atoms with Gasteiger partial charge in [-0.1, -0.05) is 12.1 Å². The van der Waals surface area contributed by atoms with Crippen molar-refractivity contribution in [3.8, 4) is 10.6 Å². The van der Waals surface area contributed by atoms with E-state index in [1.807, 2.05) is 29.5 Å². The number of halogens is 1. The molecule has 1 heterocycles. The molecule has 22 heavy (non-hydrogen) atoms. The lowest BCUT2D eigenvalue weighted by Crippen LogP contribution is -2.13. The molecule has 0 unspecified atom stereocenters. The molecule has 1 saturated carbocycles. The minimum absolute atomic E-state index is 0. The number of benzene rings is 1. The first-order valence-corrected chi connectivity index (χ1v) is 8.51. The van der Waals surface area contributed by atoms with E-state index in [0.717, 1.165) is 35.5 Å². The van der Waals surface area contributed by atoms with Gasteiger partial charge in [-0.05, 0) is 50.7 Å². The van der Waals surface area contributed by atoms with Crippen LogP contribution in [0.5, 0.6) is 0 Å². The summed E-state index contributed by atoms with van der Waals surface area (Å²) in [5, 5.41) is 4.10. The summed E-state index contributed by atoms with van der Waals surface area (Å²) in [4.78, 5) is 18.1. The summed E-state index contributed by atoms with van der Waals surface area (Å²) in [6, 6.07) is 8.08. The molecule has 2 aromatic rings. The molecule has 0 bridgehead atoms. The molecule has 0 saturated heterocycles. The number of thiazole rings is 1. The molecule has 4 rings (SSSR count). The molecule has 1 amide bonds. The van der Waals surface area contributed by atoms with Crippen LogP contribution >= 0.6 is 23.7 Å². The third-order valence-electron chi connectivity index (χ3n) is 4.17. The van der Waals surface area contributed by atoms with Crippen LogP contribution in [-0.2, 0) is 17.6 Å². The van der Waals surface area contributed by atoms with Crippen LogP contribution in [0.3, 0.4) is 0 Å². The SMILES string of the molecule is Cl.O=C(Nc1cccc(-c2nc3c(s2)CCCC3)c1)C1CC1. The zero-order valence-corrected chi connectivity index (χ0v) is 13.9. The Morgan fingerprint density at radius 2 is 2.05 bits per heavy atom. The van der Waals surface area contributed by atoms with E-state index < -0.39 is 0 Å². The second-order valence-electron chi connectivity index (χ2n) is 5.94. The molecular formula is C17H19ClN2OS. The van der Waals surface area contributed by atoms with Gasteiger partial charge < -0.3 is 5.32 Å².